The number of aromatic nitrogens is 2. The fraction of sp³-hybridized carbons (Fsp3) is 0.227. The minimum atomic E-state index is -0.928. The number of nitrogens with one attached hydrogen (secondary N) is 2. The Balaban J connectivity index is 1.89. The zero-order valence-electron chi connectivity index (χ0n) is 17.1. The minimum Gasteiger partial charge on any atom is -0.462 e. The highest BCUT2D eigenvalue weighted by Gasteiger charge is 2.25. The van der Waals surface area contributed by atoms with Gasteiger partial charge in [-0.05, 0) is 37.6 Å². The Bertz CT molecular complexity index is 1070. The lowest BCUT2D eigenvalue weighted by Gasteiger charge is -2.15. The maximum atomic E-state index is 13.4. The van der Waals surface area contributed by atoms with Crippen LogP contribution in [0.25, 0.3) is 0 Å². The molecule has 8 nitrogen and oxygen atoms in total. The zero-order chi connectivity index (χ0) is 22.4. The maximum absolute atomic E-state index is 13.4. The van der Waals surface area contributed by atoms with Gasteiger partial charge in [0, 0.05) is 5.69 Å². The van der Waals surface area contributed by atoms with Gasteiger partial charge in [-0.3, -0.25) is 5.32 Å². The van der Waals surface area contributed by atoms with Crippen molar-refractivity contribution in [3.8, 4) is 0 Å². The van der Waals surface area contributed by atoms with Crippen molar-refractivity contribution in [2.75, 3.05) is 17.2 Å². The summed E-state index contributed by atoms with van der Waals surface area (Å²) in [6.07, 6.45) is -0.928. The average Bonchev–Trinajstić information content (AvgIpc) is 3.03. The standard InChI is InChI=1S/C22H23FN4O4/c1-3-31-21(29)19-14(2)26-27(13-18(28)15-8-5-4-6-9-15)20(19)25-22(30)24-17-11-7-10-16(23)12-17/h4-12,18,28H,3,13H2,1-2H3,(H2,24,25,30). The summed E-state index contributed by atoms with van der Waals surface area (Å²) < 4.78 is 19.8. The number of rotatable bonds is 7. The summed E-state index contributed by atoms with van der Waals surface area (Å²) in [6, 6.07) is 13.6. The van der Waals surface area contributed by atoms with Gasteiger partial charge in [-0.1, -0.05) is 36.4 Å². The lowest BCUT2D eigenvalue weighted by atomic mass is 10.1. The van der Waals surface area contributed by atoms with Gasteiger partial charge >= 0.3 is 12.0 Å². The van der Waals surface area contributed by atoms with Gasteiger partial charge in [0.2, 0.25) is 0 Å². The molecule has 0 aliphatic rings. The largest absolute Gasteiger partial charge is 0.462 e. The molecule has 1 atom stereocenters. The number of benzene rings is 2. The number of aliphatic hydroxyl groups excluding tert-OH is 1. The predicted molar refractivity (Wildman–Crippen MR) is 113 cm³/mol. The van der Waals surface area contributed by atoms with Crippen LogP contribution in [0.1, 0.15) is 34.6 Å². The molecule has 0 saturated heterocycles. The lowest BCUT2D eigenvalue weighted by molar-refractivity contribution is 0.0526. The third-order valence-corrected chi connectivity index (χ3v) is 4.45. The van der Waals surface area contributed by atoms with E-state index in [0.29, 0.717) is 11.3 Å². The van der Waals surface area contributed by atoms with Crippen LogP contribution in [-0.4, -0.2) is 33.5 Å². The molecule has 0 aliphatic heterocycles. The van der Waals surface area contributed by atoms with E-state index < -0.39 is 23.9 Å². The van der Waals surface area contributed by atoms with Crippen LogP contribution in [0.2, 0.25) is 0 Å². The Labute approximate surface area is 178 Å². The number of carbonyl (C=O) groups excluding carboxylic acids is 2. The van der Waals surface area contributed by atoms with Crippen LogP contribution >= 0.6 is 0 Å². The molecule has 3 N–H and O–H groups in total. The monoisotopic (exact) mass is 426 g/mol. The molecule has 0 fully saturated rings. The number of aryl methyl sites for hydroxylation is 1. The van der Waals surface area contributed by atoms with Gasteiger partial charge in [0.05, 0.1) is 24.9 Å². The fourth-order valence-electron chi connectivity index (χ4n) is 3.07. The average molecular weight is 426 g/mol. The van der Waals surface area contributed by atoms with Gasteiger partial charge < -0.3 is 15.2 Å². The Hall–Kier alpha value is -3.72. The highest BCUT2D eigenvalue weighted by molar-refractivity contribution is 6.04. The van der Waals surface area contributed by atoms with Crippen molar-refractivity contribution in [1.82, 2.24) is 9.78 Å². The number of aliphatic hydroxyl groups is 1. The molecule has 2 aromatic carbocycles. The van der Waals surface area contributed by atoms with E-state index in [2.05, 4.69) is 15.7 Å². The summed E-state index contributed by atoms with van der Waals surface area (Å²) >= 11 is 0. The number of esters is 1. The fourth-order valence-corrected chi connectivity index (χ4v) is 3.07. The number of hydrogen-bond donors (Lipinski definition) is 3. The van der Waals surface area contributed by atoms with Crippen LogP contribution in [0, 0.1) is 12.7 Å². The van der Waals surface area contributed by atoms with Crippen molar-refractivity contribution in [1.29, 1.82) is 0 Å². The number of ether oxygens (including phenoxy) is 1. The number of anilines is 2. The zero-order valence-corrected chi connectivity index (χ0v) is 17.1. The number of amides is 2. The van der Waals surface area contributed by atoms with Crippen molar-refractivity contribution in [2.45, 2.75) is 26.5 Å². The predicted octanol–water partition coefficient (Wildman–Crippen LogP) is 3.88. The van der Waals surface area contributed by atoms with E-state index >= 15 is 0 Å². The highest BCUT2D eigenvalue weighted by atomic mass is 19.1. The molecule has 0 saturated carbocycles. The smallest absolute Gasteiger partial charge is 0.343 e. The van der Waals surface area contributed by atoms with Gasteiger partial charge in [-0.2, -0.15) is 5.10 Å². The second-order valence-corrected chi connectivity index (χ2v) is 6.73. The van der Waals surface area contributed by atoms with Crippen molar-refractivity contribution in [3.63, 3.8) is 0 Å². The third kappa shape index (κ3) is 5.46. The molecule has 1 aromatic heterocycles. The first-order valence-corrected chi connectivity index (χ1v) is 9.70. The Morgan fingerprint density at radius 1 is 1.16 bits per heavy atom. The summed E-state index contributed by atoms with van der Waals surface area (Å²) in [7, 11) is 0. The van der Waals surface area contributed by atoms with Crippen LogP contribution in [-0.2, 0) is 11.3 Å². The molecule has 162 valence electrons. The van der Waals surface area contributed by atoms with E-state index in [-0.39, 0.29) is 30.2 Å². The summed E-state index contributed by atoms with van der Waals surface area (Å²) in [6.45, 7) is 3.40. The second-order valence-electron chi connectivity index (χ2n) is 6.73. The molecule has 0 bridgehead atoms. The molecular weight excluding hydrogens is 403 g/mol. The van der Waals surface area contributed by atoms with E-state index in [1.54, 1.807) is 38.1 Å². The van der Waals surface area contributed by atoms with Gasteiger partial charge in [-0.15, -0.1) is 0 Å². The van der Waals surface area contributed by atoms with Crippen molar-refractivity contribution in [3.05, 3.63) is 77.2 Å². The summed E-state index contributed by atoms with van der Waals surface area (Å²) in [5.74, 6) is -1.08. The highest BCUT2D eigenvalue weighted by Crippen LogP contribution is 2.25. The number of halogens is 1. The topological polar surface area (TPSA) is 105 Å². The normalized spacial score (nSPS) is 11.6. The summed E-state index contributed by atoms with van der Waals surface area (Å²) in [4.78, 5) is 25.0. The van der Waals surface area contributed by atoms with E-state index in [1.807, 2.05) is 6.07 Å². The molecule has 0 aliphatic carbocycles. The SMILES string of the molecule is CCOC(=O)c1c(C)nn(CC(O)c2ccccc2)c1NC(=O)Nc1cccc(F)c1. The molecule has 1 unspecified atom stereocenters. The Kier molecular flexibility index (Phi) is 6.99. The third-order valence-electron chi connectivity index (χ3n) is 4.45. The van der Waals surface area contributed by atoms with Crippen molar-refractivity contribution >= 4 is 23.5 Å². The molecule has 2 amide bonds. The van der Waals surface area contributed by atoms with E-state index in [1.165, 1.54) is 22.9 Å². The molecular formula is C22H23FN4O4. The number of urea groups is 1. The molecule has 3 aromatic rings. The molecule has 0 radical (unpaired) electrons. The van der Waals surface area contributed by atoms with Gasteiger partial charge in [0.1, 0.15) is 17.2 Å². The Morgan fingerprint density at radius 3 is 2.58 bits per heavy atom. The quantitative estimate of drug-likeness (QED) is 0.497. The number of nitrogens with zero attached hydrogens (tertiary/aromatic N) is 2. The second kappa shape index (κ2) is 9.86. The van der Waals surface area contributed by atoms with Crippen LogP contribution in [0.5, 0.6) is 0 Å². The van der Waals surface area contributed by atoms with Crippen LogP contribution < -0.4 is 10.6 Å². The summed E-state index contributed by atoms with van der Waals surface area (Å²) in [5.41, 5.74) is 1.31. The first-order chi connectivity index (χ1) is 14.9. The number of hydrogen-bond acceptors (Lipinski definition) is 5. The van der Waals surface area contributed by atoms with Gasteiger partial charge in [0.15, 0.2) is 0 Å². The maximum Gasteiger partial charge on any atom is 0.343 e. The number of carbonyl (C=O) groups is 2. The molecule has 0 spiro atoms. The van der Waals surface area contributed by atoms with Crippen LogP contribution in [0.3, 0.4) is 0 Å². The van der Waals surface area contributed by atoms with E-state index in [9.17, 15) is 19.1 Å². The molecule has 3 rings (SSSR count). The van der Waals surface area contributed by atoms with Gasteiger partial charge in [0.25, 0.3) is 0 Å². The van der Waals surface area contributed by atoms with Crippen LogP contribution in [0.15, 0.2) is 54.6 Å². The lowest BCUT2D eigenvalue weighted by Crippen LogP contribution is -2.24. The first-order valence-electron chi connectivity index (χ1n) is 9.70. The molecule has 1 heterocycles. The van der Waals surface area contributed by atoms with Crippen LogP contribution in [0.4, 0.5) is 20.7 Å². The molecule has 9 heteroatoms. The first kappa shape index (κ1) is 22.0. The molecule has 31 heavy (non-hydrogen) atoms. The van der Waals surface area contributed by atoms with E-state index in [4.69, 9.17) is 4.74 Å². The minimum absolute atomic E-state index is 0.0141. The van der Waals surface area contributed by atoms with E-state index in [0.717, 1.165) is 6.07 Å². The van der Waals surface area contributed by atoms with Crippen molar-refractivity contribution in [2.24, 2.45) is 0 Å². The van der Waals surface area contributed by atoms with Gasteiger partial charge in [-0.25, -0.2) is 18.7 Å². The summed E-state index contributed by atoms with van der Waals surface area (Å²) in [5, 5.41) is 20.0. The van der Waals surface area contributed by atoms with Crippen molar-refractivity contribution < 1.29 is 23.8 Å². The Morgan fingerprint density at radius 2 is 1.90 bits per heavy atom.